The lowest BCUT2D eigenvalue weighted by molar-refractivity contribution is -0.142. The number of aryl methyl sites for hydroxylation is 1. The molecule has 1 amide bonds. The van der Waals surface area contributed by atoms with Gasteiger partial charge in [-0.2, -0.15) is 0 Å². The number of carbonyl (C=O) groups is 2. The van der Waals surface area contributed by atoms with Gasteiger partial charge in [-0.3, -0.25) is 9.59 Å². The molecule has 2 rings (SSSR count). The van der Waals surface area contributed by atoms with Gasteiger partial charge in [0.15, 0.2) is 16.6 Å². The summed E-state index contributed by atoms with van der Waals surface area (Å²) in [5, 5.41) is 4.97. The van der Waals surface area contributed by atoms with Gasteiger partial charge in [-0.15, -0.1) is 11.3 Å². The summed E-state index contributed by atoms with van der Waals surface area (Å²) >= 11 is 1.29. The smallest absolute Gasteiger partial charge is 0.311 e. The minimum absolute atomic E-state index is 0.103. The van der Waals surface area contributed by atoms with Crippen LogP contribution in [0.2, 0.25) is 0 Å². The molecule has 0 saturated heterocycles. The molecule has 0 bridgehead atoms. The molecule has 0 fully saturated rings. The predicted molar refractivity (Wildman–Crippen MR) is 104 cm³/mol. The monoisotopic (exact) mass is 392 g/mol. The van der Waals surface area contributed by atoms with Crippen molar-refractivity contribution < 1.29 is 23.8 Å². The highest BCUT2D eigenvalue weighted by molar-refractivity contribution is 7.13. The zero-order valence-electron chi connectivity index (χ0n) is 15.7. The second-order valence-electron chi connectivity index (χ2n) is 5.59. The molecule has 2 aromatic rings. The number of amides is 1. The summed E-state index contributed by atoms with van der Waals surface area (Å²) in [6.45, 7) is 4.56. The van der Waals surface area contributed by atoms with Gasteiger partial charge in [-0.1, -0.05) is 6.07 Å². The normalized spacial score (nSPS) is 10.3. The van der Waals surface area contributed by atoms with E-state index < -0.39 is 0 Å². The number of carbonyl (C=O) groups excluding carboxylic acids is 2. The summed E-state index contributed by atoms with van der Waals surface area (Å²) in [6.07, 6.45) is 0.978. The molecule has 0 unspecified atom stereocenters. The van der Waals surface area contributed by atoms with Crippen molar-refractivity contribution in [1.82, 2.24) is 4.98 Å². The molecule has 0 spiro atoms. The van der Waals surface area contributed by atoms with E-state index in [-0.39, 0.29) is 18.3 Å². The first-order valence-corrected chi connectivity index (χ1v) is 9.63. The number of esters is 1. The Hall–Kier alpha value is -2.61. The second kappa shape index (κ2) is 10.5. The SMILES string of the molecule is CCOC(=O)Cc1csc(NC(=O)CCc2ccc(OCC)c(OC)c2)n1. The average Bonchev–Trinajstić information content (AvgIpc) is 3.07. The molecule has 1 aromatic carbocycles. The Balaban J connectivity index is 1.86. The van der Waals surface area contributed by atoms with Crippen LogP contribution in [0.5, 0.6) is 11.5 Å². The van der Waals surface area contributed by atoms with Gasteiger partial charge in [0.2, 0.25) is 5.91 Å². The molecule has 146 valence electrons. The fourth-order valence-corrected chi connectivity index (χ4v) is 3.11. The van der Waals surface area contributed by atoms with E-state index in [1.165, 1.54) is 11.3 Å². The van der Waals surface area contributed by atoms with E-state index in [0.29, 0.717) is 48.4 Å². The third kappa shape index (κ3) is 6.56. The fraction of sp³-hybridized carbons (Fsp3) is 0.421. The van der Waals surface area contributed by atoms with Crippen molar-refractivity contribution >= 4 is 28.3 Å². The molecule has 1 heterocycles. The molecule has 0 aliphatic carbocycles. The molecular weight excluding hydrogens is 368 g/mol. The van der Waals surface area contributed by atoms with Crippen molar-refractivity contribution in [2.75, 3.05) is 25.6 Å². The van der Waals surface area contributed by atoms with Gasteiger partial charge < -0.3 is 19.5 Å². The first-order valence-electron chi connectivity index (χ1n) is 8.75. The van der Waals surface area contributed by atoms with Crippen LogP contribution in [0, 0.1) is 0 Å². The van der Waals surface area contributed by atoms with Gasteiger partial charge >= 0.3 is 5.97 Å². The summed E-state index contributed by atoms with van der Waals surface area (Å²) < 4.78 is 15.7. The quantitative estimate of drug-likeness (QED) is 0.625. The van der Waals surface area contributed by atoms with Gasteiger partial charge in [0, 0.05) is 11.8 Å². The maximum absolute atomic E-state index is 12.2. The van der Waals surface area contributed by atoms with Crippen LogP contribution in [-0.4, -0.2) is 37.2 Å². The Kier molecular flexibility index (Phi) is 8.06. The number of hydrogen-bond acceptors (Lipinski definition) is 7. The molecule has 1 N–H and O–H groups in total. The van der Waals surface area contributed by atoms with Crippen LogP contribution < -0.4 is 14.8 Å². The lowest BCUT2D eigenvalue weighted by Gasteiger charge is -2.10. The summed E-state index contributed by atoms with van der Waals surface area (Å²) in [4.78, 5) is 27.8. The van der Waals surface area contributed by atoms with Crippen LogP contribution >= 0.6 is 11.3 Å². The molecule has 1 aromatic heterocycles. The molecule has 27 heavy (non-hydrogen) atoms. The third-order valence-corrected chi connectivity index (χ3v) is 4.40. The minimum atomic E-state index is -0.329. The van der Waals surface area contributed by atoms with Gasteiger partial charge in [-0.25, -0.2) is 4.98 Å². The molecule has 0 aliphatic heterocycles. The number of ether oxygens (including phenoxy) is 3. The van der Waals surface area contributed by atoms with Crippen LogP contribution in [0.15, 0.2) is 23.6 Å². The van der Waals surface area contributed by atoms with Crippen molar-refractivity contribution in [1.29, 1.82) is 0 Å². The lowest BCUT2D eigenvalue weighted by Crippen LogP contribution is -2.12. The van der Waals surface area contributed by atoms with E-state index in [1.54, 1.807) is 19.4 Å². The average molecular weight is 392 g/mol. The van der Waals surface area contributed by atoms with E-state index in [9.17, 15) is 9.59 Å². The Morgan fingerprint density at radius 1 is 1.19 bits per heavy atom. The molecule has 0 atom stereocenters. The number of hydrogen-bond donors (Lipinski definition) is 1. The van der Waals surface area contributed by atoms with E-state index in [1.807, 2.05) is 25.1 Å². The van der Waals surface area contributed by atoms with Gasteiger partial charge in [0.05, 0.1) is 32.4 Å². The summed E-state index contributed by atoms with van der Waals surface area (Å²) in [5.74, 6) is 0.869. The molecule has 0 aliphatic rings. The van der Waals surface area contributed by atoms with Crippen LogP contribution in [0.1, 0.15) is 31.5 Å². The van der Waals surface area contributed by atoms with Crippen molar-refractivity contribution in [3.63, 3.8) is 0 Å². The van der Waals surface area contributed by atoms with Crippen LogP contribution in [0.4, 0.5) is 5.13 Å². The number of nitrogens with zero attached hydrogens (tertiary/aromatic N) is 1. The zero-order chi connectivity index (χ0) is 19.6. The standard InChI is InChI=1S/C19H24N2O5S/c1-4-25-15-8-6-13(10-16(15)24-3)7-9-17(22)21-19-20-14(12-27-19)11-18(23)26-5-2/h6,8,10,12H,4-5,7,9,11H2,1-3H3,(H,20,21,22). The van der Waals surface area contributed by atoms with E-state index in [2.05, 4.69) is 10.3 Å². The molecular formula is C19H24N2O5S. The Morgan fingerprint density at radius 3 is 2.70 bits per heavy atom. The Bertz CT molecular complexity index is 775. The van der Waals surface area contributed by atoms with Gasteiger partial charge in [-0.05, 0) is 38.0 Å². The van der Waals surface area contributed by atoms with Crippen molar-refractivity contribution in [2.24, 2.45) is 0 Å². The highest BCUT2D eigenvalue weighted by Crippen LogP contribution is 2.28. The highest BCUT2D eigenvalue weighted by Gasteiger charge is 2.11. The summed E-state index contributed by atoms with van der Waals surface area (Å²) in [5.41, 5.74) is 1.57. The van der Waals surface area contributed by atoms with Gasteiger partial charge in [0.1, 0.15) is 0 Å². The topological polar surface area (TPSA) is 86.8 Å². The molecule has 0 radical (unpaired) electrons. The molecule has 7 nitrogen and oxygen atoms in total. The Labute approximate surface area is 162 Å². The maximum atomic E-state index is 12.2. The lowest BCUT2D eigenvalue weighted by atomic mass is 10.1. The predicted octanol–water partition coefficient (Wildman–Crippen LogP) is 3.23. The molecule has 8 heteroatoms. The number of methoxy groups -OCH3 is 1. The highest BCUT2D eigenvalue weighted by atomic mass is 32.1. The molecule has 0 saturated carbocycles. The minimum Gasteiger partial charge on any atom is -0.493 e. The van der Waals surface area contributed by atoms with Crippen LogP contribution in [0.25, 0.3) is 0 Å². The van der Waals surface area contributed by atoms with Crippen LogP contribution in [-0.2, 0) is 27.2 Å². The van der Waals surface area contributed by atoms with Crippen molar-refractivity contribution in [3.8, 4) is 11.5 Å². The third-order valence-electron chi connectivity index (χ3n) is 3.60. The number of benzene rings is 1. The van der Waals surface area contributed by atoms with E-state index in [4.69, 9.17) is 14.2 Å². The van der Waals surface area contributed by atoms with Gasteiger partial charge in [0.25, 0.3) is 0 Å². The number of nitrogens with one attached hydrogen (secondary N) is 1. The number of aromatic nitrogens is 1. The summed E-state index contributed by atoms with van der Waals surface area (Å²) in [7, 11) is 1.59. The van der Waals surface area contributed by atoms with Crippen LogP contribution in [0.3, 0.4) is 0 Å². The summed E-state index contributed by atoms with van der Waals surface area (Å²) in [6, 6.07) is 5.64. The van der Waals surface area contributed by atoms with E-state index in [0.717, 1.165) is 5.56 Å². The number of anilines is 1. The number of thiazole rings is 1. The largest absolute Gasteiger partial charge is 0.493 e. The van der Waals surface area contributed by atoms with E-state index >= 15 is 0 Å². The van der Waals surface area contributed by atoms with Crippen molar-refractivity contribution in [3.05, 3.63) is 34.8 Å². The fourth-order valence-electron chi connectivity index (χ4n) is 2.39. The second-order valence-corrected chi connectivity index (χ2v) is 6.45. The Morgan fingerprint density at radius 2 is 2.00 bits per heavy atom. The maximum Gasteiger partial charge on any atom is 0.311 e. The van der Waals surface area contributed by atoms with Crippen molar-refractivity contribution in [2.45, 2.75) is 33.1 Å². The first kappa shape index (κ1) is 20.7. The number of rotatable bonds is 10. The first-order chi connectivity index (χ1) is 13.0. The zero-order valence-corrected chi connectivity index (χ0v) is 16.6.